The van der Waals surface area contributed by atoms with Crippen molar-refractivity contribution in [3.8, 4) is 0 Å². The van der Waals surface area contributed by atoms with Crippen molar-refractivity contribution in [3.05, 3.63) is 54.0 Å². The van der Waals surface area contributed by atoms with E-state index in [0.717, 1.165) is 12.0 Å². The van der Waals surface area contributed by atoms with E-state index in [2.05, 4.69) is 10.6 Å². The number of hydrogen-bond acceptors (Lipinski definition) is 4. The summed E-state index contributed by atoms with van der Waals surface area (Å²) in [5.74, 6) is -1.28. The van der Waals surface area contributed by atoms with Gasteiger partial charge in [-0.25, -0.2) is 0 Å². The van der Waals surface area contributed by atoms with Crippen LogP contribution in [0.1, 0.15) is 25.2 Å². The van der Waals surface area contributed by atoms with Crippen LogP contribution in [0, 0.1) is 0 Å². The van der Waals surface area contributed by atoms with Crippen molar-refractivity contribution in [1.82, 2.24) is 5.32 Å². The minimum Gasteiger partial charge on any atom is -0.466 e. The summed E-state index contributed by atoms with van der Waals surface area (Å²) in [6.07, 6.45) is 2.17. The number of aryl methyl sites for hydroxylation is 1. The second-order valence-corrected chi connectivity index (χ2v) is 5.40. The van der Waals surface area contributed by atoms with E-state index in [0.29, 0.717) is 11.4 Å². The maximum Gasteiger partial charge on any atom is 0.313 e. The van der Waals surface area contributed by atoms with Crippen LogP contribution in [0.4, 0.5) is 5.69 Å². The number of furan rings is 1. The highest BCUT2D eigenvalue weighted by molar-refractivity contribution is 6.39. The average Bonchev–Trinajstić information content (AvgIpc) is 3.08. The second kappa shape index (κ2) is 7.11. The molecule has 2 amide bonds. The third kappa shape index (κ3) is 4.20. The third-order valence-corrected chi connectivity index (χ3v) is 3.50. The van der Waals surface area contributed by atoms with E-state index in [1.165, 1.54) is 13.2 Å². The van der Waals surface area contributed by atoms with Crippen LogP contribution in [0.15, 0.2) is 47.1 Å². The highest BCUT2D eigenvalue weighted by Gasteiger charge is 2.28. The van der Waals surface area contributed by atoms with Gasteiger partial charge in [0.05, 0.1) is 12.8 Å². The maximum atomic E-state index is 12.0. The Morgan fingerprint density at radius 3 is 2.57 bits per heavy atom. The molecule has 23 heavy (non-hydrogen) atoms. The monoisotopic (exact) mass is 316 g/mol. The van der Waals surface area contributed by atoms with Crippen LogP contribution in [0.2, 0.25) is 0 Å². The highest BCUT2D eigenvalue weighted by atomic mass is 16.4. The fourth-order valence-corrected chi connectivity index (χ4v) is 2.13. The molecule has 0 aliphatic heterocycles. The summed E-state index contributed by atoms with van der Waals surface area (Å²) in [5.41, 5.74) is 0.157. The fraction of sp³-hybridized carbons (Fsp3) is 0.294. The highest BCUT2D eigenvalue weighted by Crippen LogP contribution is 2.20. The SMILES string of the molecule is CCc1ccccc1NC(=O)C(=O)NCC(C)(O)c1ccco1. The Morgan fingerprint density at radius 1 is 1.17 bits per heavy atom. The van der Waals surface area contributed by atoms with Gasteiger partial charge in [-0.05, 0) is 37.1 Å². The summed E-state index contributed by atoms with van der Waals surface area (Å²) < 4.78 is 5.12. The van der Waals surface area contributed by atoms with Gasteiger partial charge in [-0.3, -0.25) is 9.59 Å². The number of para-hydroxylation sites is 1. The van der Waals surface area contributed by atoms with Gasteiger partial charge in [-0.1, -0.05) is 25.1 Å². The van der Waals surface area contributed by atoms with Crippen LogP contribution in [0.5, 0.6) is 0 Å². The lowest BCUT2D eigenvalue weighted by Gasteiger charge is -2.21. The first-order chi connectivity index (χ1) is 10.9. The molecule has 0 saturated carbocycles. The molecule has 0 radical (unpaired) electrons. The van der Waals surface area contributed by atoms with Crippen molar-refractivity contribution in [1.29, 1.82) is 0 Å². The molecule has 0 fully saturated rings. The molecular formula is C17H20N2O4. The lowest BCUT2D eigenvalue weighted by atomic mass is 10.0. The fourth-order valence-electron chi connectivity index (χ4n) is 2.13. The van der Waals surface area contributed by atoms with Gasteiger partial charge in [-0.15, -0.1) is 0 Å². The molecule has 6 heteroatoms. The summed E-state index contributed by atoms with van der Waals surface area (Å²) >= 11 is 0. The van der Waals surface area contributed by atoms with Gasteiger partial charge in [0.25, 0.3) is 0 Å². The van der Waals surface area contributed by atoms with E-state index in [4.69, 9.17) is 4.42 Å². The van der Waals surface area contributed by atoms with Gasteiger partial charge in [0.1, 0.15) is 11.4 Å². The number of amides is 2. The van der Waals surface area contributed by atoms with Crippen LogP contribution in [0.3, 0.4) is 0 Å². The normalized spacial score (nSPS) is 13.2. The number of aliphatic hydroxyl groups is 1. The van der Waals surface area contributed by atoms with E-state index < -0.39 is 17.4 Å². The molecule has 0 spiro atoms. The van der Waals surface area contributed by atoms with Crippen LogP contribution >= 0.6 is 0 Å². The number of hydrogen-bond donors (Lipinski definition) is 3. The molecule has 1 heterocycles. The van der Waals surface area contributed by atoms with E-state index in [1.54, 1.807) is 24.3 Å². The number of benzene rings is 1. The zero-order valence-corrected chi connectivity index (χ0v) is 13.1. The molecule has 2 aromatic rings. The molecule has 0 bridgehead atoms. The zero-order chi connectivity index (χ0) is 16.9. The van der Waals surface area contributed by atoms with Crippen molar-refractivity contribution in [3.63, 3.8) is 0 Å². The third-order valence-electron chi connectivity index (χ3n) is 3.50. The van der Waals surface area contributed by atoms with E-state index in [-0.39, 0.29) is 6.54 Å². The summed E-state index contributed by atoms with van der Waals surface area (Å²) in [7, 11) is 0. The second-order valence-electron chi connectivity index (χ2n) is 5.40. The molecule has 1 aromatic heterocycles. The smallest absolute Gasteiger partial charge is 0.313 e. The minimum atomic E-state index is -1.39. The van der Waals surface area contributed by atoms with Crippen LogP contribution in [-0.2, 0) is 21.6 Å². The molecular weight excluding hydrogens is 296 g/mol. The van der Waals surface area contributed by atoms with Crippen molar-refractivity contribution in [2.24, 2.45) is 0 Å². The molecule has 1 unspecified atom stereocenters. The number of anilines is 1. The summed E-state index contributed by atoms with van der Waals surface area (Å²) in [5, 5.41) is 15.2. The number of nitrogens with one attached hydrogen (secondary N) is 2. The van der Waals surface area contributed by atoms with Crippen LogP contribution < -0.4 is 10.6 Å². The lowest BCUT2D eigenvalue weighted by molar-refractivity contribution is -0.136. The molecule has 0 aliphatic carbocycles. The van der Waals surface area contributed by atoms with Gasteiger partial charge in [0.2, 0.25) is 0 Å². The molecule has 2 rings (SSSR count). The Morgan fingerprint density at radius 2 is 1.91 bits per heavy atom. The van der Waals surface area contributed by atoms with Gasteiger partial charge < -0.3 is 20.2 Å². The van der Waals surface area contributed by atoms with Crippen LogP contribution in [0.25, 0.3) is 0 Å². The molecule has 0 saturated heterocycles. The number of rotatable bonds is 5. The lowest BCUT2D eigenvalue weighted by Crippen LogP contribution is -2.43. The number of carbonyl (C=O) groups excluding carboxylic acids is 2. The Labute approximate surface area is 134 Å². The Kier molecular flexibility index (Phi) is 5.18. The Hall–Kier alpha value is -2.60. The van der Waals surface area contributed by atoms with Crippen molar-refractivity contribution in [2.75, 3.05) is 11.9 Å². The first-order valence-corrected chi connectivity index (χ1v) is 7.37. The Balaban J connectivity index is 1.94. The minimum absolute atomic E-state index is 0.137. The van der Waals surface area contributed by atoms with Gasteiger partial charge in [0.15, 0.2) is 0 Å². The summed E-state index contributed by atoms with van der Waals surface area (Å²) in [4.78, 5) is 23.9. The maximum absolute atomic E-state index is 12.0. The topological polar surface area (TPSA) is 91.6 Å². The van der Waals surface area contributed by atoms with Gasteiger partial charge in [-0.2, -0.15) is 0 Å². The molecule has 6 nitrogen and oxygen atoms in total. The van der Waals surface area contributed by atoms with E-state index in [1.807, 2.05) is 19.1 Å². The van der Waals surface area contributed by atoms with Crippen molar-refractivity contribution >= 4 is 17.5 Å². The van der Waals surface area contributed by atoms with E-state index >= 15 is 0 Å². The van der Waals surface area contributed by atoms with Gasteiger partial charge in [0, 0.05) is 5.69 Å². The van der Waals surface area contributed by atoms with Gasteiger partial charge >= 0.3 is 11.8 Å². The van der Waals surface area contributed by atoms with Crippen molar-refractivity contribution < 1.29 is 19.1 Å². The first kappa shape index (κ1) is 16.8. The quantitative estimate of drug-likeness (QED) is 0.734. The first-order valence-electron chi connectivity index (χ1n) is 7.37. The molecule has 3 N–H and O–H groups in total. The van der Waals surface area contributed by atoms with E-state index in [9.17, 15) is 14.7 Å². The molecule has 122 valence electrons. The predicted octanol–water partition coefficient (Wildman–Crippen LogP) is 1.80. The average molecular weight is 316 g/mol. The number of carbonyl (C=O) groups is 2. The molecule has 0 aliphatic rings. The summed E-state index contributed by atoms with van der Waals surface area (Å²) in [6, 6.07) is 10.5. The summed E-state index contributed by atoms with van der Waals surface area (Å²) in [6.45, 7) is 3.32. The molecule has 1 atom stereocenters. The zero-order valence-electron chi connectivity index (χ0n) is 13.1. The predicted molar refractivity (Wildman–Crippen MR) is 85.7 cm³/mol. The molecule has 1 aromatic carbocycles. The van der Waals surface area contributed by atoms with Crippen LogP contribution in [-0.4, -0.2) is 23.5 Å². The largest absolute Gasteiger partial charge is 0.466 e. The Bertz CT molecular complexity index is 678. The standard InChI is InChI=1S/C17H20N2O4/c1-3-12-7-4-5-8-13(12)19-16(21)15(20)18-11-17(2,22)14-9-6-10-23-14/h4-10,22H,3,11H2,1-2H3,(H,18,20)(H,19,21). The van der Waals surface area contributed by atoms with Crippen molar-refractivity contribution in [2.45, 2.75) is 25.9 Å².